The molecule has 6 nitrogen and oxygen atoms in total. The molecule has 2 aromatic carbocycles. The maximum atomic E-state index is 5.69. The van der Waals surface area contributed by atoms with Crippen LogP contribution < -0.4 is 14.9 Å². The van der Waals surface area contributed by atoms with Crippen LogP contribution >= 0.6 is 28.1 Å². The molecule has 1 aromatic heterocycles. The predicted molar refractivity (Wildman–Crippen MR) is 112 cm³/mol. The van der Waals surface area contributed by atoms with Crippen LogP contribution in [0.2, 0.25) is 0 Å². The van der Waals surface area contributed by atoms with Crippen molar-refractivity contribution in [3.05, 3.63) is 57.3 Å². The molecule has 0 saturated heterocycles. The number of rotatable bonds is 8. The Bertz CT molecular complexity index is 970. The summed E-state index contributed by atoms with van der Waals surface area (Å²) in [5, 5.41) is 7.18. The third-order valence-electron chi connectivity index (χ3n) is 3.92. The third kappa shape index (κ3) is 4.51. The molecule has 0 atom stereocenters. The van der Waals surface area contributed by atoms with E-state index in [4.69, 9.17) is 21.7 Å². The Morgan fingerprint density at radius 2 is 2.04 bits per heavy atom. The monoisotopic (exact) mass is 448 g/mol. The van der Waals surface area contributed by atoms with Crippen LogP contribution in [0.1, 0.15) is 18.9 Å². The zero-order valence-corrected chi connectivity index (χ0v) is 17.6. The van der Waals surface area contributed by atoms with E-state index in [0.29, 0.717) is 23.7 Å². The summed E-state index contributed by atoms with van der Waals surface area (Å²) in [6.07, 6.45) is 0.972. The SMILES string of the molecule is CCCOc1ccc(CNn2c(-c3ccccc3OC)n[nH]c2=S)cc1Br. The lowest BCUT2D eigenvalue weighted by molar-refractivity contribution is 0.315. The molecule has 0 radical (unpaired) electrons. The summed E-state index contributed by atoms with van der Waals surface area (Å²) >= 11 is 8.94. The molecule has 0 bridgehead atoms. The van der Waals surface area contributed by atoms with Crippen LogP contribution in [0.4, 0.5) is 0 Å². The number of benzene rings is 2. The average Bonchev–Trinajstić information content (AvgIpc) is 3.06. The van der Waals surface area contributed by atoms with Crippen molar-refractivity contribution in [2.24, 2.45) is 0 Å². The highest BCUT2D eigenvalue weighted by molar-refractivity contribution is 9.10. The number of aromatic nitrogens is 3. The lowest BCUT2D eigenvalue weighted by atomic mass is 10.2. The van der Waals surface area contributed by atoms with Gasteiger partial charge in [-0.3, -0.25) is 0 Å². The van der Waals surface area contributed by atoms with Gasteiger partial charge in [0.05, 0.1) is 30.3 Å². The molecule has 142 valence electrons. The summed E-state index contributed by atoms with van der Waals surface area (Å²) in [7, 11) is 1.64. The Morgan fingerprint density at radius 3 is 2.78 bits per heavy atom. The van der Waals surface area contributed by atoms with Crippen molar-refractivity contribution in [1.29, 1.82) is 0 Å². The summed E-state index contributed by atoms with van der Waals surface area (Å²) in [4.78, 5) is 0. The molecule has 8 heteroatoms. The van der Waals surface area contributed by atoms with E-state index in [2.05, 4.69) is 38.5 Å². The van der Waals surface area contributed by atoms with Crippen molar-refractivity contribution in [2.75, 3.05) is 19.1 Å². The molecule has 1 heterocycles. The molecule has 2 N–H and O–H groups in total. The summed E-state index contributed by atoms with van der Waals surface area (Å²) < 4.78 is 14.3. The summed E-state index contributed by atoms with van der Waals surface area (Å²) in [5.74, 6) is 2.24. The van der Waals surface area contributed by atoms with Gasteiger partial charge >= 0.3 is 0 Å². The van der Waals surface area contributed by atoms with E-state index in [0.717, 1.165) is 33.5 Å². The summed E-state index contributed by atoms with van der Waals surface area (Å²) in [6, 6.07) is 13.7. The van der Waals surface area contributed by atoms with E-state index >= 15 is 0 Å². The van der Waals surface area contributed by atoms with Crippen LogP contribution in [0.5, 0.6) is 11.5 Å². The minimum atomic E-state index is 0.484. The van der Waals surface area contributed by atoms with Crippen molar-refractivity contribution in [3.63, 3.8) is 0 Å². The smallest absolute Gasteiger partial charge is 0.214 e. The van der Waals surface area contributed by atoms with Gasteiger partial charge in [-0.25, -0.2) is 9.77 Å². The van der Waals surface area contributed by atoms with Crippen molar-refractivity contribution in [1.82, 2.24) is 14.9 Å². The zero-order valence-electron chi connectivity index (χ0n) is 15.2. The lowest BCUT2D eigenvalue weighted by Crippen LogP contribution is -2.16. The Morgan fingerprint density at radius 1 is 1.22 bits per heavy atom. The third-order valence-corrected chi connectivity index (χ3v) is 4.81. The molecule has 0 saturated carbocycles. The Balaban J connectivity index is 1.80. The van der Waals surface area contributed by atoms with Gasteiger partial charge in [0.25, 0.3) is 0 Å². The first-order valence-electron chi connectivity index (χ1n) is 8.60. The van der Waals surface area contributed by atoms with Gasteiger partial charge in [0.15, 0.2) is 5.82 Å². The minimum Gasteiger partial charge on any atom is -0.496 e. The first kappa shape index (κ1) is 19.4. The Kier molecular flexibility index (Phi) is 6.52. The lowest BCUT2D eigenvalue weighted by Gasteiger charge is -2.13. The summed E-state index contributed by atoms with van der Waals surface area (Å²) in [5.41, 5.74) is 5.25. The van der Waals surface area contributed by atoms with Crippen LogP contribution in [0.25, 0.3) is 11.4 Å². The zero-order chi connectivity index (χ0) is 19.2. The molecular weight excluding hydrogens is 428 g/mol. The molecule has 3 rings (SSSR count). The van der Waals surface area contributed by atoms with Gasteiger partial charge in [-0.15, -0.1) is 0 Å². The largest absolute Gasteiger partial charge is 0.496 e. The van der Waals surface area contributed by atoms with Gasteiger partial charge in [0.2, 0.25) is 4.77 Å². The van der Waals surface area contributed by atoms with Gasteiger partial charge in [0, 0.05) is 0 Å². The molecule has 0 spiro atoms. The maximum absolute atomic E-state index is 5.69. The van der Waals surface area contributed by atoms with Crippen LogP contribution in [-0.4, -0.2) is 28.6 Å². The minimum absolute atomic E-state index is 0.484. The molecule has 0 aliphatic rings. The van der Waals surface area contributed by atoms with Crippen LogP contribution in [-0.2, 0) is 6.54 Å². The fraction of sp³-hybridized carbons (Fsp3) is 0.263. The fourth-order valence-corrected chi connectivity index (χ4v) is 3.34. The van der Waals surface area contributed by atoms with E-state index in [1.165, 1.54) is 0 Å². The van der Waals surface area contributed by atoms with Crippen molar-refractivity contribution in [3.8, 4) is 22.9 Å². The Hall–Kier alpha value is -2.32. The Labute approximate surface area is 171 Å². The van der Waals surface area contributed by atoms with Crippen molar-refractivity contribution >= 4 is 28.1 Å². The highest BCUT2D eigenvalue weighted by atomic mass is 79.9. The second-order valence-electron chi connectivity index (χ2n) is 5.84. The molecule has 0 aliphatic carbocycles. The van der Waals surface area contributed by atoms with E-state index in [-0.39, 0.29) is 0 Å². The topological polar surface area (TPSA) is 64.1 Å². The van der Waals surface area contributed by atoms with Gasteiger partial charge in [-0.05, 0) is 64.4 Å². The van der Waals surface area contributed by atoms with Crippen LogP contribution in [0, 0.1) is 4.77 Å². The number of halogens is 1. The van der Waals surface area contributed by atoms with E-state index in [9.17, 15) is 0 Å². The van der Waals surface area contributed by atoms with E-state index < -0.39 is 0 Å². The number of para-hydroxylation sites is 1. The van der Waals surface area contributed by atoms with Crippen LogP contribution in [0.15, 0.2) is 46.9 Å². The first-order chi connectivity index (χ1) is 13.1. The number of ether oxygens (including phenoxy) is 2. The van der Waals surface area contributed by atoms with Gasteiger partial charge in [-0.1, -0.05) is 25.1 Å². The molecule has 0 unspecified atom stereocenters. The molecule has 0 amide bonds. The van der Waals surface area contributed by atoms with Gasteiger partial charge in [-0.2, -0.15) is 5.10 Å². The predicted octanol–water partition coefficient (Wildman–Crippen LogP) is 4.91. The second-order valence-corrected chi connectivity index (χ2v) is 7.08. The number of methoxy groups -OCH3 is 1. The highest BCUT2D eigenvalue weighted by Crippen LogP contribution is 2.28. The number of nitrogens with zero attached hydrogens (tertiary/aromatic N) is 2. The molecule has 0 aliphatic heterocycles. The number of aromatic amines is 1. The highest BCUT2D eigenvalue weighted by Gasteiger charge is 2.13. The van der Waals surface area contributed by atoms with Gasteiger partial charge < -0.3 is 14.9 Å². The maximum Gasteiger partial charge on any atom is 0.214 e. The van der Waals surface area contributed by atoms with Crippen molar-refractivity contribution in [2.45, 2.75) is 19.9 Å². The molecule has 27 heavy (non-hydrogen) atoms. The standard InChI is InChI=1S/C19H21BrN4O2S/c1-3-10-26-17-9-8-13(11-15(17)20)12-21-24-18(22-23-19(24)27)14-6-4-5-7-16(14)25-2/h4-9,11,21H,3,10,12H2,1-2H3,(H,23,27). The normalized spacial score (nSPS) is 10.6. The second kappa shape index (κ2) is 9.05. The summed E-state index contributed by atoms with van der Waals surface area (Å²) in [6.45, 7) is 3.35. The fourth-order valence-electron chi connectivity index (χ4n) is 2.61. The quantitative estimate of drug-likeness (QED) is 0.479. The number of nitrogens with one attached hydrogen (secondary N) is 2. The first-order valence-corrected chi connectivity index (χ1v) is 9.80. The molecule has 3 aromatic rings. The number of hydrogen-bond donors (Lipinski definition) is 2. The molecular formula is C19H21BrN4O2S. The van der Waals surface area contributed by atoms with E-state index in [1.807, 2.05) is 42.5 Å². The van der Waals surface area contributed by atoms with Gasteiger partial charge in [0.1, 0.15) is 11.5 Å². The average molecular weight is 449 g/mol. The number of H-pyrrole nitrogens is 1. The molecule has 0 fully saturated rings. The van der Waals surface area contributed by atoms with E-state index in [1.54, 1.807) is 11.8 Å². The van der Waals surface area contributed by atoms with Crippen molar-refractivity contribution < 1.29 is 9.47 Å². The van der Waals surface area contributed by atoms with Crippen LogP contribution in [0.3, 0.4) is 0 Å². The number of hydrogen-bond acceptors (Lipinski definition) is 5.